The molecule has 0 saturated carbocycles. The molecule has 0 aliphatic carbocycles. The summed E-state index contributed by atoms with van der Waals surface area (Å²) in [7, 11) is 0. The van der Waals surface area contributed by atoms with Crippen LogP contribution in [-0.2, 0) is 9.59 Å². The van der Waals surface area contributed by atoms with Crippen molar-refractivity contribution in [3.63, 3.8) is 0 Å². The molecular formula is C11H20N2O4. The van der Waals surface area contributed by atoms with E-state index in [1.54, 1.807) is 13.8 Å². The van der Waals surface area contributed by atoms with Gasteiger partial charge < -0.3 is 20.4 Å². The Balaban J connectivity index is 2.84. The molecule has 1 amide bonds. The summed E-state index contributed by atoms with van der Waals surface area (Å²) in [6.07, 6.45) is -0.652. The summed E-state index contributed by atoms with van der Waals surface area (Å²) in [5, 5.41) is 21.5. The van der Waals surface area contributed by atoms with Gasteiger partial charge in [0, 0.05) is 13.0 Å². The highest BCUT2D eigenvalue weighted by Gasteiger charge is 2.43. The van der Waals surface area contributed by atoms with Crippen LogP contribution in [0.25, 0.3) is 0 Å². The Labute approximate surface area is 101 Å². The maximum atomic E-state index is 12.2. The van der Waals surface area contributed by atoms with Gasteiger partial charge in [0.15, 0.2) is 0 Å². The second-order valence-corrected chi connectivity index (χ2v) is 4.86. The van der Waals surface area contributed by atoms with E-state index in [0.717, 1.165) is 0 Å². The molecule has 6 nitrogen and oxygen atoms in total. The fraction of sp³-hybridized carbons (Fsp3) is 0.818. The van der Waals surface area contributed by atoms with Crippen molar-refractivity contribution in [3.05, 3.63) is 0 Å². The highest BCUT2D eigenvalue weighted by Crippen LogP contribution is 2.22. The van der Waals surface area contributed by atoms with Crippen molar-refractivity contribution in [2.75, 3.05) is 13.1 Å². The average molecular weight is 244 g/mol. The molecule has 3 N–H and O–H groups in total. The molecule has 6 heteroatoms. The van der Waals surface area contributed by atoms with Crippen molar-refractivity contribution in [1.29, 1.82) is 0 Å². The molecule has 1 aliphatic rings. The summed E-state index contributed by atoms with van der Waals surface area (Å²) < 4.78 is 0. The highest BCUT2D eigenvalue weighted by atomic mass is 16.4. The molecule has 0 aromatic carbocycles. The van der Waals surface area contributed by atoms with Crippen molar-refractivity contribution in [2.45, 2.75) is 44.9 Å². The maximum Gasteiger partial charge on any atom is 0.326 e. The standard InChI is InChI=1S/C11H20N2O4/c1-4-12-11(2,3)10(17)13-6-7(14)5-8(13)9(15)16/h7-8,12,14H,4-6H2,1-3H3,(H,15,16). The topological polar surface area (TPSA) is 89.9 Å². The third-order valence-corrected chi connectivity index (χ3v) is 2.98. The zero-order valence-electron chi connectivity index (χ0n) is 10.4. The number of nitrogens with zero attached hydrogens (tertiary/aromatic N) is 1. The number of hydrogen-bond donors (Lipinski definition) is 3. The minimum Gasteiger partial charge on any atom is -0.480 e. The van der Waals surface area contributed by atoms with E-state index in [0.29, 0.717) is 6.54 Å². The minimum atomic E-state index is -1.07. The van der Waals surface area contributed by atoms with Gasteiger partial charge in [0.1, 0.15) is 6.04 Å². The van der Waals surface area contributed by atoms with Crippen molar-refractivity contribution in [1.82, 2.24) is 10.2 Å². The van der Waals surface area contributed by atoms with Crippen LogP contribution in [0.4, 0.5) is 0 Å². The molecule has 0 spiro atoms. The molecule has 2 atom stereocenters. The summed E-state index contributed by atoms with van der Waals surface area (Å²) in [4.78, 5) is 24.5. The summed E-state index contributed by atoms with van der Waals surface area (Å²) in [6.45, 7) is 6.00. The number of hydrogen-bond acceptors (Lipinski definition) is 4. The van der Waals surface area contributed by atoms with Crippen LogP contribution >= 0.6 is 0 Å². The molecule has 1 aliphatic heterocycles. The van der Waals surface area contributed by atoms with E-state index < -0.39 is 23.7 Å². The lowest BCUT2D eigenvalue weighted by Gasteiger charge is -2.32. The lowest BCUT2D eigenvalue weighted by molar-refractivity contribution is -0.150. The molecule has 98 valence electrons. The molecule has 1 rings (SSSR count). The molecule has 0 bridgehead atoms. The number of nitrogens with one attached hydrogen (secondary N) is 1. The Kier molecular flexibility index (Phi) is 4.11. The lowest BCUT2D eigenvalue weighted by Crippen LogP contribution is -2.56. The van der Waals surface area contributed by atoms with Gasteiger partial charge in [-0.25, -0.2) is 4.79 Å². The van der Waals surface area contributed by atoms with Gasteiger partial charge >= 0.3 is 5.97 Å². The van der Waals surface area contributed by atoms with Crippen molar-refractivity contribution < 1.29 is 19.8 Å². The van der Waals surface area contributed by atoms with Crippen molar-refractivity contribution >= 4 is 11.9 Å². The number of aliphatic carboxylic acids is 1. The number of rotatable bonds is 4. The van der Waals surface area contributed by atoms with E-state index in [2.05, 4.69) is 5.32 Å². The predicted octanol–water partition coefficient (Wildman–Crippen LogP) is -0.579. The first-order valence-corrected chi connectivity index (χ1v) is 5.76. The Morgan fingerprint density at radius 1 is 1.47 bits per heavy atom. The predicted molar refractivity (Wildman–Crippen MR) is 61.5 cm³/mol. The molecule has 17 heavy (non-hydrogen) atoms. The number of carbonyl (C=O) groups excluding carboxylic acids is 1. The van der Waals surface area contributed by atoms with Gasteiger partial charge in [0.05, 0.1) is 11.6 Å². The number of likely N-dealkylation sites (tertiary alicyclic amines) is 1. The normalized spacial score (nSPS) is 25.1. The number of aliphatic hydroxyl groups is 1. The molecular weight excluding hydrogens is 224 g/mol. The molecule has 1 saturated heterocycles. The Morgan fingerprint density at radius 2 is 2.06 bits per heavy atom. The van der Waals surface area contributed by atoms with Crippen molar-refractivity contribution in [2.24, 2.45) is 0 Å². The van der Waals surface area contributed by atoms with Gasteiger partial charge in [0.2, 0.25) is 5.91 Å². The Bertz CT molecular complexity index is 317. The molecule has 2 unspecified atom stereocenters. The zero-order chi connectivity index (χ0) is 13.2. The first-order chi connectivity index (χ1) is 7.79. The molecule has 1 fully saturated rings. The van der Waals surface area contributed by atoms with Crippen LogP contribution in [0.2, 0.25) is 0 Å². The van der Waals surface area contributed by atoms with Crippen LogP contribution in [0.3, 0.4) is 0 Å². The van der Waals surface area contributed by atoms with Gasteiger partial charge in [-0.1, -0.05) is 6.92 Å². The fourth-order valence-corrected chi connectivity index (χ4v) is 2.15. The average Bonchev–Trinajstić information content (AvgIpc) is 2.59. The third kappa shape index (κ3) is 2.95. The van der Waals surface area contributed by atoms with Gasteiger partial charge in [0.25, 0.3) is 0 Å². The number of carboxylic acids is 1. The number of β-amino-alcohol motifs (C(OH)–C–C–N with tert-alkyl or cyclic N) is 1. The minimum absolute atomic E-state index is 0.0879. The number of carboxylic acid groups (broad SMARTS) is 1. The van der Waals surface area contributed by atoms with Gasteiger partial charge in [-0.2, -0.15) is 0 Å². The summed E-state index contributed by atoms with van der Waals surface area (Å²) in [6, 6.07) is -0.921. The highest BCUT2D eigenvalue weighted by molar-refractivity contribution is 5.90. The monoisotopic (exact) mass is 244 g/mol. The van der Waals surface area contributed by atoms with Crippen LogP contribution in [-0.4, -0.2) is 57.8 Å². The first-order valence-electron chi connectivity index (χ1n) is 5.76. The van der Waals surface area contributed by atoms with Gasteiger partial charge in [-0.15, -0.1) is 0 Å². The summed E-state index contributed by atoms with van der Waals surface area (Å²) in [5.41, 5.74) is -0.813. The van der Waals surface area contributed by atoms with Gasteiger partial charge in [-0.05, 0) is 20.4 Å². The number of amides is 1. The number of likely N-dealkylation sites (N-methyl/N-ethyl adjacent to an activating group) is 1. The maximum absolute atomic E-state index is 12.2. The fourth-order valence-electron chi connectivity index (χ4n) is 2.15. The summed E-state index contributed by atoms with van der Waals surface area (Å²) in [5.74, 6) is -1.36. The van der Waals surface area contributed by atoms with Crippen molar-refractivity contribution in [3.8, 4) is 0 Å². The smallest absolute Gasteiger partial charge is 0.326 e. The molecule has 0 aromatic rings. The first kappa shape index (κ1) is 13.9. The SMILES string of the molecule is CCNC(C)(C)C(=O)N1CC(O)CC1C(=O)O. The Hall–Kier alpha value is -1.14. The third-order valence-electron chi connectivity index (χ3n) is 2.98. The van der Waals surface area contributed by atoms with Crippen LogP contribution in [0.15, 0.2) is 0 Å². The summed E-state index contributed by atoms with van der Waals surface area (Å²) >= 11 is 0. The lowest BCUT2D eigenvalue weighted by atomic mass is 10.0. The van der Waals surface area contributed by atoms with E-state index >= 15 is 0 Å². The van der Waals surface area contributed by atoms with Gasteiger partial charge in [-0.3, -0.25) is 4.79 Å². The largest absolute Gasteiger partial charge is 0.480 e. The second kappa shape index (κ2) is 5.01. The van der Waals surface area contributed by atoms with E-state index in [-0.39, 0.29) is 18.9 Å². The van der Waals surface area contributed by atoms with E-state index in [1.165, 1.54) is 4.90 Å². The molecule has 0 aromatic heterocycles. The number of aliphatic hydroxyl groups excluding tert-OH is 1. The van der Waals surface area contributed by atoms with Crippen LogP contribution in [0.1, 0.15) is 27.2 Å². The Morgan fingerprint density at radius 3 is 2.53 bits per heavy atom. The van der Waals surface area contributed by atoms with E-state index in [9.17, 15) is 14.7 Å². The van der Waals surface area contributed by atoms with E-state index in [4.69, 9.17) is 5.11 Å². The molecule has 1 heterocycles. The number of carbonyl (C=O) groups is 2. The van der Waals surface area contributed by atoms with E-state index in [1.807, 2.05) is 6.92 Å². The van der Waals surface area contributed by atoms with Crippen LogP contribution < -0.4 is 5.32 Å². The van der Waals surface area contributed by atoms with Crippen LogP contribution in [0, 0.1) is 0 Å². The zero-order valence-corrected chi connectivity index (χ0v) is 10.4. The van der Waals surface area contributed by atoms with Crippen LogP contribution in [0.5, 0.6) is 0 Å². The molecule has 0 radical (unpaired) electrons. The second-order valence-electron chi connectivity index (χ2n) is 4.86. The quantitative estimate of drug-likeness (QED) is 0.615.